The van der Waals surface area contributed by atoms with Crippen LogP contribution in [0.5, 0.6) is 11.5 Å². The lowest BCUT2D eigenvalue weighted by molar-refractivity contribution is -0.131. The maximum atomic E-state index is 14.2. The summed E-state index contributed by atoms with van der Waals surface area (Å²) in [6.07, 6.45) is 10.9. The number of fused-ring (bicyclic) bond motifs is 3. The lowest BCUT2D eigenvalue weighted by Gasteiger charge is -2.38. The molecule has 1 aromatic carbocycles. The van der Waals surface area contributed by atoms with Gasteiger partial charge in [0.25, 0.3) is 0 Å². The maximum absolute atomic E-state index is 14.2. The molecule has 2 fully saturated rings. The summed E-state index contributed by atoms with van der Waals surface area (Å²) in [5.74, 6) is -0.315. The number of imidazole rings is 1. The number of amides is 1. The van der Waals surface area contributed by atoms with E-state index in [1.165, 1.54) is 18.2 Å². The summed E-state index contributed by atoms with van der Waals surface area (Å²) in [6.45, 7) is 5.61. The molecule has 3 atom stereocenters. The molecule has 0 unspecified atom stereocenters. The Morgan fingerprint density at radius 3 is 2.75 bits per heavy atom. The van der Waals surface area contributed by atoms with E-state index < -0.39 is 5.82 Å². The molecule has 6 nitrogen and oxygen atoms in total. The molecule has 32 heavy (non-hydrogen) atoms. The zero-order valence-corrected chi connectivity index (χ0v) is 18.0. The zero-order valence-electron chi connectivity index (χ0n) is 18.0. The lowest BCUT2D eigenvalue weighted by atomic mass is 9.98. The van der Waals surface area contributed by atoms with Gasteiger partial charge in [-0.3, -0.25) is 4.79 Å². The van der Waals surface area contributed by atoms with Crippen LogP contribution < -0.4 is 4.74 Å². The van der Waals surface area contributed by atoms with Crippen LogP contribution >= 0.6 is 0 Å². The lowest BCUT2D eigenvalue weighted by Crippen LogP contribution is -2.48. The highest BCUT2D eigenvalue weighted by Crippen LogP contribution is 2.39. The van der Waals surface area contributed by atoms with Crippen molar-refractivity contribution in [1.82, 2.24) is 14.3 Å². The second kappa shape index (κ2) is 7.97. The van der Waals surface area contributed by atoms with Crippen molar-refractivity contribution >= 4 is 11.4 Å². The van der Waals surface area contributed by atoms with Crippen molar-refractivity contribution in [3.8, 4) is 22.6 Å². The first kappa shape index (κ1) is 20.5. The molecule has 1 amide bonds. The number of hydrogen-bond acceptors (Lipinski definition) is 4. The number of carbonyl (C=O) groups is 1. The number of aromatic nitrogens is 2. The third-order valence-electron chi connectivity index (χ3n) is 6.76. The number of nitrogens with zero attached hydrogens (tertiary/aromatic N) is 3. The van der Waals surface area contributed by atoms with Gasteiger partial charge in [-0.15, -0.1) is 0 Å². The van der Waals surface area contributed by atoms with Crippen molar-refractivity contribution in [3.63, 3.8) is 0 Å². The predicted molar refractivity (Wildman–Crippen MR) is 119 cm³/mol. The Bertz CT molecular complexity index is 1190. The summed E-state index contributed by atoms with van der Waals surface area (Å²) >= 11 is 0. The number of benzene rings is 1. The fourth-order valence-corrected chi connectivity index (χ4v) is 5.28. The summed E-state index contributed by atoms with van der Waals surface area (Å²) < 4.78 is 22.6. The molecule has 7 heteroatoms. The molecule has 1 N–H and O–H groups in total. The molecule has 2 saturated heterocycles. The Balaban J connectivity index is 1.49. The Hall–Kier alpha value is -3.35. The topological polar surface area (TPSA) is 67.1 Å². The molecule has 0 radical (unpaired) electrons. The van der Waals surface area contributed by atoms with Gasteiger partial charge in [0.1, 0.15) is 17.4 Å². The standard InChI is InChI=1S/C25H26FN3O3/c1-3-15-7-23(30)21(26)11-20(15)16-8-24(22-12-27-14-28(22)13-16)32-19-9-17-5-6-18(10-19)29(17)25(31)4-2/h4,7-8,11-14,17-19,30H,2-3,5-6,9-10H2,1H3/t17-,18+,19-. The summed E-state index contributed by atoms with van der Waals surface area (Å²) in [5.41, 5.74) is 3.20. The third kappa shape index (κ3) is 3.42. The second-order valence-corrected chi connectivity index (χ2v) is 8.64. The molecule has 2 aliphatic rings. The van der Waals surface area contributed by atoms with Crippen LogP contribution in [0.1, 0.15) is 38.2 Å². The fourth-order valence-electron chi connectivity index (χ4n) is 5.28. The molecule has 0 spiro atoms. The van der Waals surface area contributed by atoms with Gasteiger partial charge < -0.3 is 19.1 Å². The van der Waals surface area contributed by atoms with Crippen molar-refractivity contribution in [2.24, 2.45) is 0 Å². The second-order valence-electron chi connectivity index (χ2n) is 8.64. The molecule has 4 heterocycles. The van der Waals surface area contributed by atoms with Crippen LogP contribution in [0.4, 0.5) is 4.39 Å². The van der Waals surface area contributed by atoms with E-state index in [1.807, 2.05) is 28.5 Å². The number of hydrogen-bond donors (Lipinski definition) is 1. The van der Waals surface area contributed by atoms with Gasteiger partial charge in [-0.2, -0.15) is 0 Å². The van der Waals surface area contributed by atoms with Gasteiger partial charge in [0.2, 0.25) is 5.91 Å². The highest BCUT2D eigenvalue weighted by atomic mass is 19.1. The van der Waals surface area contributed by atoms with Gasteiger partial charge >= 0.3 is 0 Å². The first-order valence-corrected chi connectivity index (χ1v) is 11.1. The van der Waals surface area contributed by atoms with Gasteiger partial charge in [0, 0.05) is 36.7 Å². The SMILES string of the molecule is C=CC(=O)N1[C@@H]2CC[C@H]1C[C@H](Oc1cc(-c3cc(F)c(O)cc3CC)cn3cncc13)C2. The van der Waals surface area contributed by atoms with Crippen molar-refractivity contribution in [1.29, 1.82) is 0 Å². The summed E-state index contributed by atoms with van der Waals surface area (Å²) in [6, 6.07) is 5.12. The molecule has 5 rings (SSSR count). The Morgan fingerprint density at radius 1 is 1.31 bits per heavy atom. The van der Waals surface area contributed by atoms with Gasteiger partial charge in [-0.1, -0.05) is 13.5 Å². The van der Waals surface area contributed by atoms with Gasteiger partial charge in [-0.05, 0) is 54.7 Å². The molecule has 0 aliphatic carbocycles. The number of ether oxygens (including phenoxy) is 1. The van der Waals surface area contributed by atoms with E-state index in [1.54, 1.807) is 12.5 Å². The number of rotatable bonds is 5. The monoisotopic (exact) mass is 435 g/mol. The minimum absolute atomic E-state index is 0.00224. The maximum Gasteiger partial charge on any atom is 0.246 e. The van der Waals surface area contributed by atoms with E-state index in [9.17, 15) is 14.3 Å². The molecule has 2 aromatic heterocycles. The minimum Gasteiger partial charge on any atom is -0.505 e. The number of aryl methyl sites for hydroxylation is 1. The van der Waals surface area contributed by atoms with Crippen molar-refractivity contribution in [2.45, 2.75) is 57.2 Å². The van der Waals surface area contributed by atoms with E-state index in [2.05, 4.69) is 11.6 Å². The molecule has 3 aromatic rings. The summed E-state index contributed by atoms with van der Waals surface area (Å²) in [7, 11) is 0. The molecule has 2 aliphatic heterocycles. The number of aromatic hydroxyl groups is 1. The number of halogens is 1. The molecule has 2 bridgehead atoms. The molecular weight excluding hydrogens is 409 g/mol. The quantitative estimate of drug-likeness (QED) is 0.600. The van der Waals surface area contributed by atoms with Crippen molar-refractivity contribution in [3.05, 3.63) is 61.0 Å². The number of pyridine rings is 1. The van der Waals surface area contributed by atoms with Crippen molar-refractivity contribution in [2.75, 3.05) is 0 Å². The predicted octanol–water partition coefficient (Wildman–Crippen LogP) is 4.50. The van der Waals surface area contributed by atoms with Crippen LogP contribution in [0.15, 0.2) is 49.6 Å². The molecule has 0 saturated carbocycles. The van der Waals surface area contributed by atoms with E-state index in [4.69, 9.17) is 4.74 Å². The number of phenolic OH excluding ortho intramolecular Hbond substituents is 1. The first-order chi connectivity index (χ1) is 15.5. The molecule has 166 valence electrons. The Morgan fingerprint density at radius 2 is 2.06 bits per heavy atom. The van der Waals surface area contributed by atoms with Gasteiger partial charge in [-0.25, -0.2) is 9.37 Å². The summed E-state index contributed by atoms with van der Waals surface area (Å²) in [5, 5.41) is 9.80. The van der Waals surface area contributed by atoms with Crippen molar-refractivity contribution < 1.29 is 19.0 Å². The van der Waals surface area contributed by atoms with E-state index in [0.717, 1.165) is 47.9 Å². The largest absolute Gasteiger partial charge is 0.505 e. The Kier molecular flexibility index (Phi) is 5.12. The minimum atomic E-state index is -0.652. The highest BCUT2D eigenvalue weighted by Gasteiger charge is 2.43. The van der Waals surface area contributed by atoms with Gasteiger partial charge in [0.05, 0.1) is 12.5 Å². The van der Waals surface area contributed by atoms with Crippen LogP contribution in [0.25, 0.3) is 16.6 Å². The zero-order chi connectivity index (χ0) is 22.4. The number of piperidine rings is 1. The third-order valence-corrected chi connectivity index (χ3v) is 6.76. The van der Waals surface area contributed by atoms with E-state index in [-0.39, 0.29) is 29.8 Å². The number of phenols is 1. The molecular formula is C25H26FN3O3. The first-order valence-electron chi connectivity index (χ1n) is 11.1. The Labute approximate surface area is 185 Å². The van der Waals surface area contributed by atoms with Crippen LogP contribution in [-0.2, 0) is 11.2 Å². The average Bonchev–Trinajstić information content (AvgIpc) is 3.37. The average molecular weight is 435 g/mol. The summed E-state index contributed by atoms with van der Waals surface area (Å²) in [4.78, 5) is 18.5. The number of carbonyl (C=O) groups excluding carboxylic acids is 1. The highest BCUT2D eigenvalue weighted by molar-refractivity contribution is 5.88. The van der Waals surface area contributed by atoms with Crippen LogP contribution in [0.3, 0.4) is 0 Å². The fraction of sp³-hybridized carbons (Fsp3) is 0.360. The van der Waals surface area contributed by atoms with E-state index >= 15 is 0 Å². The van der Waals surface area contributed by atoms with Crippen LogP contribution in [-0.4, -0.2) is 43.5 Å². The normalized spacial score (nSPS) is 22.3. The van der Waals surface area contributed by atoms with Crippen LogP contribution in [0, 0.1) is 5.82 Å². The smallest absolute Gasteiger partial charge is 0.246 e. The van der Waals surface area contributed by atoms with Gasteiger partial charge in [0.15, 0.2) is 11.6 Å². The van der Waals surface area contributed by atoms with Crippen LogP contribution in [0.2, 0.25) is 0 Å². The van der Waals surface area contributed by atoms with E-state index in [0.29, 0.717) is 12.2 Å².